The summed E-state index contributed by atoms with van der Waals surface area (Å²) in [5.74, 6) is 0.0503. The smallest absolute Gasteiger partial charge is 0.232 e. The zero-order valence-corrected chi connectivity index (χ0v) is 16.3. The van der Waals surface area contributed by atoms with Crippen LogP contribution in [0.4, 0.5) is 22.0 Å². The van der Waals surface area contributed by atoms with Gasteiger partial charge < -0.3 is 11.1 Å². The van der Waals surface area contributed by atoms with E-state index in [0.29, 0.717) is 10.7 Å². The number of nitrogens with zero attached hydrogens (tertiary/aromatic N) is 5. The first-order valence-corrected chi connectivity index (χ1v) is 9.66. The van der Waals surface area contributed by atoms with E-state index in [1.165, 1.54) is 23.5 Å². The number of benzene rings is 2. The highest BCUT2D eigenvalue weighted by atomic mass is 32.1. The van der Waals surface area contributed by atoms with Gasteiger partial charge in [0.1, 0.15) is 16.9 Å². The summed E-state index contributed by atoms with van der Waals surface area (Å²) in [5, 5.41) is 15.2. The van der Waals surface area contributed by atoms with Crippen LogP contribution < -0.4 is 11.1 Å². The average Bonchev–Trinajstić information content (AvgIpc) is 3.21. The highest BCUT2D eigenvalue weighted by molar-refractivity contribution is 7.13. The molecule has 4 aromatic rings. The first-order valence-electron chi connectivity index (χ1n) is 8.78. The third kappa shape index (κ3) is 4.45. The van der Waals surface area contributed by atoms with E-state index in [-0.39, 0.29) is 29.1 Å². The van der Waals surface area contributed by atoms with Crippen LogP contribution in [0.1, 0.15) is 11.5 Å². The summed E-state index contributed by atoms with van der Waals surface area (Å²) in [6.45, 7) is 0. The zero-order valence-electron chi connectivity index (χ0n) is 15.5. The van der Waals surface area contributed by atoms with Gasteiger partial charge in [-0.1, -0.05) is 18.2 Å². The lowest BCUT2D eigenvalue weighted by atomic mass is 10.2. The van der Waals surface area contributed by atoms with Crippen LogP contribution in [0, 0.1) is 17.1 Å². The lowest BCUT2D eigenvalue weighted by Gasteiger charge is -2.06. The molecule has 2 aromatic heterocycles. The summed E-state index contributed by atoms with van der Waals surface area (Å²) in [4.78, 5) is 16.9. The average molecular weight is 415 g/mol. The third-order valence-corrected chi connectivity index (χ3v) is 4.86. The van der Waals surface area contributed by atoms with Crippen LogP contribution in [0.3, 0.4) is 0 Å². The minimum atomic E-state index is -0.311. The Morgan fingerprint density at radius 1 is 1.03 bits per heavy atom. The summed E-state index contributed by atoms with van der Waals surface area (Å²) < 4.78 is 13.1. The predicted octanol–water partition coefficient (Wildman–Crippen LogP) is 4.52. The number of para-hydroxylation sites is 1. The Balaban J connectivity index is 1.63. The van der Waals surface area contributed by atoms with Gasteiger partial charge in [-0.15, -0.1) is 11.3 Å². The maximum atomic E-state index is 13.1. The molecule has 0 spiro atoms. The van der Waals surface area contributed by atoms with Gasteiger partial charge in [0, 0.05) is 16.6 Å². The number of halogens is 1. The van der Waals surface area contributed by atoms with Crippen molar-refractivity contribution in [2.75, 3.05) is 11.1 Å². The summed E-state index contributed by atoms with van der Waals surface area (Å²) in [6.07, 6.45) is 1.57. The van der Waals surface area contributed by atoms with Crippen LogP contribution in [-0.2, 0) is 0 Å². The Labute approximate surface area is 175 Å². The molecule has 0 radical (unpaired) electrons. The number of thiazole rings is 1. The van der Waals surface area contributed by atoms with Crippen molar-refractivity contribution in [2.24, 2.45) is 0 Å². The molecule has 0 amide bonds. The molecule has 0 saturated heterocycles. The van der Waals surface area contributed by atoms with Crippen molar-refractivity contribution >= 4 is 40.6 Å². The van der Waals surface area contributed by atoms with Crippen LogP contribution in [-0.4, -0.2) is 19.9 Å². The highest BCUT2D eigenvalue weighted by Crippen LogP contribution is 2.26. The van der Waals surface area contributed by atoms with Crippen molar-refractivity contribution in [1.82, 2.24) is 19.9 Å². The lowest BCUT2D eigenvalue weighted by Crippen LogP contribution is -2.06. The van der Waals surface area contributed by atoms with Crippen LogP contribution in [0.15, 0.2) is 60.0 Å². The zero-order chi connectivity index (χ0) is 20.9. The van der Waals surface area contributed by atoms with E-state index in [1.54, 1.807) is 23.6 Å². The first-order chi connectivity index (χ1) is 14.6. The standard InChI is InChI=1S/C21H14FN7S/c22-15-8-6-13(7-9-15)19-25-17(12-30-19)10-14(11-23)18-27-20(24)29-21(28-18)26-16-4-2-1-3-5-16/h1-10,12H,(H3,24,26,27,28,29)/b14-10+. The van der Waals surface area contributed by atoms with Crippen molar-refractivity contribution in [3.63, 3.8) is 0 Å². The quantitative estimate of drug-likeness (QED) is 0.461. The summed E-state index contributed by atoms with van der Waals surface area (Å²) >= 11 is 1.39. The lowest BCUT2D eigenvalue weighted by molar-refractivity contribution is 0.628. The number of hydrogen-bond acceptors (Lipinski definition) is 8. The molecule has 2 aromatic carbocycles. The SMILES string of the molecule is N#C/C(=C\c1csc(-c2ccc(F)cc2)n1)c1nc(N)nc(Nc2ccccc2)n1. The largest absolute Gasteiger partial charge is 0.368 e. The number of nitrogens with two attached hydrogens (primary N) is 1. The Kier molecular flexibility index (Phi) is 5.41. The normalized spacial score (nSPS) is 11.1. The number of rotatable bonds is 5. The molecule has 0 saturated carbocycles. The van der Waals surface area contributed by atoms with Gasteiger partial charge in [0.05, 0.1) is 11.3 Å². The van der Waals surface area contributed by atoms with Gasteiger partial charge in [0.2, 0.25) is 11.9 Å². The van der Waals surface area contributed by atoms with Crippen LogP contribution in [0.5, 0.6) is 0 Å². The molecule has 0 atom stereocenters. The molecule has 0 bridgehead atoms. The molecular weight excluding hydrogens is 401 g/mol. The van der Waals surface area contributed by atoms with E-state index in [2.05, 4.69) is 31.3 Å². The maximum Gasteiger partial charge on any atom is 0.232 e. The molecule has 0 fully saturated rings. The molecule has 30 heavy (non-hydrogen) atoms. The molecule has 4 rings (SSSR count). The van der Waals surface area contributed by atoms with Gasteiger partial charge in [0.15, 0.2) is 5.82 Å². The summed E-state index contributed by atoms with van der Waals surface area (Å²) in [6, 6.07) is 17.5. The fourth-order valence-corrected chi connectivity index (χ4v) is 3.37. The van der Waals surface area contributed by atoms with Crippen molar-refractivity contribution in [1.29, 1.82) is 5.26 Å². The van der Waals surface area contributed by atoms with Gasteiger partial charge >= 0.3 is 0 Å². The minimum absolute atomic E-state index is 0.00939. The van der Waals surface area contributed by atoms with E-state index in [4.69, 9.17) is 5.73 Å². The monoisotopic (exact) mass is 415 g/mol. The fourth-order valence-electron chi connectivity index (χ4n) is 2.59. The molecule has 0 unspecified atom stereocenters. The number of nitrogens with one attached hydrogen (secondary N) is 1. The third-order valence-electron chi connectivity index (χ3n) is 3.95. The van der Waals surface area contributed by atoms with Crippen LogP contribution in [0.2, 0.25) is 0 Å². The second-order valence-corrected chi connectivity index (χ2v) is 6.94. The fraction of sp³-hybridized carbons (Fsp3) is 0. The topological polar surface area (TPSA) is 113 Å². The molecule has 3 N–H and O–H groups in total. The minimum Gasteiger partial charge on any atom is -0.368 e. The highest BCUT2D eigenvalue weighted by Gasteiger charge is 2.12. The number of nitriles is 1. The van der Waals surface area contributed by atoms with Crippen LogP contribution in [0.25, 0.3) is 22.2 Å². The number of allylic oxidation sites excluding steroid dienone is 1. The van der Waals surface area contributed by atoms with Crippen LogP contribution >= 0.6 is 11.3 Å². The second kappa shape index (κ2) is 8.46. The van der Waals surface area contributed by atoms with E-state index in [9.17, 15) is 9.65 Å². The van der Waals surface area contributed by atoms with Gasteiger partial charge in [-0.2, -0.15) is 20.2 Å². The number of nitrogen functional groups attached to an aromatic ring is 1. The maximum absolute atomic E-state index is 13.1. The van der Waals surface area contributed by atoms with Crippen molar-refractivity contribution in [3.8, 4) is 16.6 Å². The van der Waals surface area contributed by atoms with Gasteiger partial charge in [-0.3, -0.25) is 0 Å². The molecule has 9 heteroatoms. The molecule has 2 heterocycles. The Bertz CT molecular complexity index is 1240. The second-order valence-electron chi connectivity index (χ2n) is 6.09. The summed E-state index contributed by atoms with van der Waals surface area (Å²) in [5.41, 5.74) is 8.13. The molecule has 7 nitrogen and oxygen atoms in total. The number of anilines is 3. The van der Waals surface area contributed by atoms with Crippen molar-refractivity contribution < 1.29 is 4.39 Å². The van der Waals surface area contributed by atoms with Gasteiger partial charge in [0.25, 0.3) is 0 Å². The molecule has 0 aliphatic carbocycles. The van der Waals surface area contributed by atoms with E-state index < -0.39 is 0 Å². The Hall–Kier alpha value is -4.16. The van der Waals surface area contributed by atoms with Crippen molar-refractivity contribution in [2.45, 2.75) is 0 Å². The Morgan fingerprint density at radius 3 is 2.53 bits per heavy atom. The number of hydrogen-bond donors (Lipinski definition) is 2. The van der Waals surface area contributed by atoms with Crippen molar-refractivity contribution in [3.05, 3.63) is 77.3 Å². The molecular formula is C21H14FN7S. The molecule has 146 valence electrons. The van der Waals surface area contributed by atoms with E-state index in [1.807, 2.05) is 30.3 Å². The Morgan fingerprint density at radius 2 is 1.80 bits per heavy atom. The molecule has 0 aliphatic heterocycles. The first kappa shape index (κ1) is 19.2. The number of aromatic nitrogens is 4. The van der Waals surface area contributed by atoms with Gasteiger partial charge in [-0.25, -0.2) is 9.37 Å². The van der Waals surface area contributed by atoms with E-state index in [0.717, 1.165) is 11.3 Å². The predicted molar refractivity (Wildman–Crippen MR) is 115 cm³/mol. The molecule has 0 aliphatic rings. The summed E-state index contributed by atoms with van der Waals surface area (Å²) in [7, 11) is 0. The van der Waals surface area contributed by atoms with Gasteiger partial charge in [-0.05, 0) is 42.5 Å². The van der Waals surface area contributed by atoms with E-state index >= 15 is 0 Å².